The third-order valence-corrected chi connectivity index (χ3v) is 4.95. The number of carbonyl (C=O) groups is 4. The van der Waals surface area contributed by atoms with Gasteiger partial charge in [0.05, 0.1) is 6.04 Å². The minimum atomic E-state index is -1.23. The fourth-order valence-corrected chi connectivity index (χ4v) is 3.28. The second kappa shape index (κ2) is 15.3. The van der Waals surface area contributed by atoms with Gasteiger partial charge < -0.3 is 49.3 Å². The molecule has 13 N–H and O–H groups in total. The largest absolute Gasteiger partial charge is 0.480 e. The molecule has 15 heteroatoms. The number of carboxylic acids is 1. The minimum Gasteiger partial charge on any atom is -0.480 e. The molecule has 0 spiro atoms. The topological polar surface area (TPSA) is 265 Å². The molecule has 15 nitrogen and oxygen atoms in total. The molecule has 192 valence electrons. The van der Waals surface area contributed by atoms with Crippen molar-refractivity contribution in [2.24, 2.45) is 32.9 Å². The summed E-state index contributed by atoms with van der Waals surface area (Å²) in [6.45, 7) is 0.573. The molecule has 1 rings (SSSR count). The van der Waals surface area contributed by atoms with E-state index in [0.717, 1.165) is 6.42 Å². The summed E-state index contributed by atoms with van der Waals surface area (Å²) in [5, 5.41) is 19.4. The Hall–Kier alpha value is -3.62. The average Bonchev–Trinajstić information content (AvgIpc) is 3.30. The van der Waals surface area contributed by atoms with Crippen molar-refractivity contribution in [2.45, 2.75) is 56.7 Å². The number of amides is 3. The molecular weight excluding hydrogens is 448 g/mol. The predicted molar refractivity (Wildman–Crippen MR) is 125 cm³/mol. The number of carboxylic acid groups (broad SMARTS) is 1. The maximum atomic E-state index is 13.0. The van der Waals surface area contributed by atoms with E-state index in [1.807, 2.05) is 0 Å². The van der Waals surface area contributed by atoms with Crippen LogP contribution in [0.2, 0.25) is 0 Å². The molecule has 0 saturated carbocycles. The second-order valence-corrected chi connectivity index (χ2v) is 7.78. The summed E-state index contributed by atoms with van der Waals surface area (Å²) in [5.41, 5.74) is 21.2. The molecule has 3 amide bonds. The molecule has 1 fully saturated rings. The van der Waals surface area contributed by atoms with E-state index in [-0.39, 0.29) is 43.8 Å². The third-order valence-electron chi connectivity index (χ3n) is 4.95. The van der Waals surface area contributed by atoms with E-state index in [1.165, 1.54) is 0 Å². The van der Waals surface area contributed by atoms with Crippen molar-refractivity contribution in [1.29, 1.82) is 0 Å². The van der Waals surface area contributed by atoms with E-state index in [1.54, 1.807) is 0 Å². The van der Waals surface area contributed by atoms with Gasteiger partial charge in [0.2, 0.25) is 17.7 Å². The maximum Gasteiger partial charge on any atom is 0.322 e. The van der Waals surface area contributed by atoms with Crippen LogP contribution in [-0.4, -0.2) is 85.0 Å². The Morgan fingerprint density at radius 3 is 1.94 bits per heavy atom. The van der Waals surface area contributed by atoms with Gasteiger partial charge >= 0.3 is 5.97 Å². The molecule has 0 bridgehead atoms. The number of nitrogens with zero attached hydrogens (tertiary/aromatic N) is 2. The molecule has 0 aromatic heterocycles. The summed E-state index contributed by atoms with van der Waals surface area (Å²) in [4.78, 5) is 56.6. The van der Waals surface area contributed by atoms with Crippen LogP contribution in [0.1, 0.15) is 38.5 Å². The van der Waals surface area contributed by atoms with Crippen molar-refractivity contribution in [2.75, 3.05) is 26.2 Å². The molecule has 0 aromatic rings. The minimum absolute atomic E-state index is 0.0869. The van der Waals surface area contributed by atoms with E-state index >= 15 is 0 Å². The summed E-state index contributed by atoms with van der Waals surface area (Å²) >= 11 is 0. The Bertz CT molecular complexity index is 759. The lowest BCUT2D eigenvalue weighted by atomic mass is 10.1. The van der Waals surface area contributed by atoms with E-state index in [9.17, 15) is 19.2 Å². The van der Waals surface area contributed by atoms with Gasteiger partial charge in [-0.05, 0) is 45.1 Å². The highest BCUT2D eigenvalue weighted by Crippen LogP contribution is 2.08. The van der Waals surface area contributed by atoms with Crippen LogP contribution < -0.4 is 44.2 Å². The molecule has 3 atom stereocenters. The average molecular weight is 485 g/mol. The number of rotatable bonds is 15. The van der Waals surface area contributed by atoms with Crippen LogP contribution in [-0.2, 0) is 19.2 Å². The van der Waals surface area contributed by atoms with Crippen molar-refractivity contribution in [1.82, 2.24) is 21.3 Å². The lowest BCUT2D eigenvalue weighted by Crippen LogP contribution is -2.56. The zero-order valence-electron chi connectivity index (χ0n) is 19.1. The second-order valence-electron chi connectivity index (χ2n) is 7.78. The van der Waals surface area contributed by atoms with Gasteiger partial charge in [-0.25, -0.2) is 0 Å². The first-order valence-electron chi connectivity index (χ1n) is 11.0. The van der Waals surface area contributed by atoms with E-state index in [4.69, 9.17) is 28.0 Å². The van der Waals surface area contributed by atoms with Gasteiger partial charge in [-0.1, -0.05) is 0 Å². The number of carbonyl (C=O) groups excluding carboxylic acids is 3. The zero-order chi connectivity index (χ0) is 25.5. The summed E-state index contributed by atoms with van der Waals surface area (Å²) in [6.07, 6.45) is 2.61. The zero-order valence-corrected chi connectivity index (χ0v) is 19.1. The number of aliphatic carboxylic acids is 1. The van der Waals surface area contributed by atoms with Gasteiger partial charge in [0.15, 0.2) is 11.9 Å². The molecule has 34 heavy (non-hydrogen) atoms. The fraction of sp³-hybridized carbons (Fsp3) is 0.684. The van der Waals surface area contributed by atoms with Crippen molar-refractivity contribution in [3.05, 3.63) is 0 Å². The maximum absolute atomic E-state index is 13.0. The number of hydrogen-bond acceptors (Lipinski definition) is 7. The van der Waals surface area contributed by atoms with Crippen LogP contribution in [0.25, 0.3) is 0 Å². The Labute approximate surface area is 197 Å². The molecule has 1 heterocycles. The highest BCUT2D eigenvalue weighted by molar-refractivity contribution is 5.93. The van der Waals surface area contributed by atoms with E-state index < -0.39 is 42.5 Å². The van der Waals surface area contributed by atoms with Crippen molar-refractivity contribution >= 4 is 35.6 Å². The monoisotopic (exact) mass is 484 g/mol. The summed E-state index contributed by atoms with van der Waals surface area (Å²) in [7, 11) is 0. The number of nitrogens with two attached hydrogens (primary N) is 4. The molecule has 1 aliphatic rings. The molecule has 1 aliphatic heterocycles. The normalized spacial score (nSPS) is 16.5. The van der Waals surface area contributed by atoms with Gasteiger partial charge in [-0.15, -0.1) is 0 Å². The van der Waals surface area contributed by atoms with E-state index in [2.05, 4.69) is 31.3 Å². The van der Waals surface area contributed by atoms with Gasteiger partial charge in [0, 0.05) is 13.1 Å². The molecule has 3 unspecified atom stereocenters. The van der Waals surface area contributed by atoms with Gasteiger partial charge in [-0.2, -0.15) is 0 Å². The van der Waals surface area contributed by atoms with Crippen LogP contribution in [0, 0.1) is 0 Å². The highest BCUT2D eigenvalue weighted by atomic mass is 16.4. The van der Waals surface area contributed by atoms with Crippen molar-refractivity contribution in [3.8, 4) is 0 Å². The Kier molecular flexibility index (Phi) is 12.8. The van der Waals surface area contributed by atoms with Crippen LogP contribution in [0.4, 0.5) is 0 Å². The number of hydrogen-bond donors (Lipinski definition) is 9. The Morgan fingerprint density at radius 1 is 0.912 bits per heavy atom. The number of nitrogens with one attached hydrogen (secondary N) is 4. The summed E-state index contributed by atoms with van der Waals surface area (Å²) in [6, 6.07) is -2.40. The summed E-state index contributed by atoms with van der Waals surface area (Å²) in [5.74, 6) is -3.01. The highest BCUT2D eigenvalue weighted by Gasteiger charge is 2.29. The quantitative estimate of drug-likeness (QED) is 0.0617. The predicted octanol–water partition coefficient (Wildman–Crippen LogP) is -3.98. The first-order valence-corrected chi connectivity index (χ1v) is 11.0. The van der Waals surface area contributed by atoms with Crippen molar-refractivity contribution in [3.63, 3.8) is 0 Å². The third kappa shape index (κ3) is 11.8. The van der Waals surface area contributed by atoms with E-state index in [0.29, 0.717) is 25.8 Å². The van der Waals surface area contributed by atoms with Crippen molar-refractivity contribution < 1.29 is 24.3 Å². The smallest absolute Gasteiger partial charge is 0.322 e. The number of guanidine groups is 2. The first kappa shape index (κ1) is 28.4. The molecule has 0 aromatic carbocycles. The number of aliphatic imine (C=N–C) groups is 2. The molecular formula is C19H36N10O5. The molecule has 0 radical (unpaired) electrons. The molecule has 1 saturated heterocycles. The van der Waals surface area contributed by atoms with Crippen LogP contribution in [0.5, 0.6) is 0 Å². The fourth-order valence-electron chi connectivity index (χ4n) is 3.28. The van der Waals surface area contributed by atoms with Gasteiger partial charge in [-0.3, -0.25) is 29.2 Å². The standard InChI is InChI=1S/C19H36N10O5/c20-18(21)25-8-2-5-12(15(32)27-10-14(30)31)28-17(34)13(6-3-9-26-19(22)23)29-16(33)11-4-1-7-24-11/h11-13,24H,1-10H2,(H,27,32)(H,28,34)(H,29,33)(H,30,31)(H4,20,21,25)(H4,22,23,26). The Morgan fingerprint density at radius 2 is 1.47 bits per heavy atom. The Balaban J connectivity index is 2.86. The lowest BCUT2D eigenvalue weighted by Gasteiger charge is -2.24. The van der Waals surface area contributed by atoms with Gasteiger partial charge in [0.1, 0.15) is 18.6 Å². The van der Waals surface area contributed by atoms with Crippen LogP contribution in [0.3, 0.4) is 0 Å². The molecule has 0 aliphatic carbocycles. The SMILES string of the molecule is NC(N)=NCCCC(NC(=O)C(CCCN=C(N)N)NC(=O)C1CCCN1)C(=O)NCC(=O)O. The summed E-state index contributed by atoms with van der Waals surface area (Å²) < 4.78 is 0. The van der Waals surface area contributed by atoms with Crippen LogP contribution >= 0.6 is 0 Å². The first-order chi connectivity index (χ1) is 16.1. The lowest BCUT2D eigenvalue weighted by molar-refractivity contribution is -0.138. The van der Waals surface area contributed by atoms with Crippen LogP contribution in [0.15, 0.2) is 9.98 Å². The van der Waals surface area contributed by atoms with Gasteiger partial charge in [0.25, 0.3) is 0 Å².